The van der Waals surface area contributed by atoms with E-state index >= 15 is 0 Å². The van der Waals surface area contributed by atoms with Crippen LogP contribution in [-0.2, 0) is 33.9 Å². The minimum absolute atomic E-state index is 0.186. The van der Waals surface area contributed by atoms with Crippen LogP contribution in [0.1, 0.15) is 6.42 Å². The van der Waals surface area contributed by atoms with E-state index in [1.165, 1.54) is 0 Å². The highest BCUT2D eigenvalue weighted by atomic mass is 32.2. The molecule has 0 radical (unpaired) electrons. The fourth-order valence-electron chi connectivity index (χ4n) is 1.52. The molecule has 32 heavy (non-hydrogen) atoms. The van der Waals surface area contributed by atoms with Gasteiger partial charge in [-0.3, -0.25) is 4.55 Å². The van der Waals surface area contributed by atoms with E-state index < -0.39 is 70.8 Å². The van der Waals surface area contributed by atoms with Crippen molar-refractivity contribution in [3.63, 3.8) is 0 Å². The van der Waals surface area contributed by atoms with Crippen LogP contribution in [0.4, 0.5) is 48.3 Å². The van der Waals surface area contributed by atoms with Crippen LogP contribution in [0.15, 0.2) is 12.7 Å². The van der Waals surface area contributed by atoms with Crippen LogP contribution in [0.3, 0.4) is 0 Å². The van der Waals surface area contributed by atoms with Crippen molar-refractivity contribution in [2.75, 3.05) is 6.61 Å². The highest BCUT2D eigenvalue weighted by Crippen LogP contribution is 2.41. The maximum absolute atomic E-state index is 13.4. The molecule has 0 aliphatic heterocycles. The van der Waals surface area contributed by atoms with Gasteiger partial charge in [0, 0.05) is 6.08 Å². The lowest BCUT2D eigenvalue weighted by molar-refractivity contribution is -0.369. The van der Waals surface area contributed by atoms with Crippen molar-refractivity contribution in [1.29, 1.82) is 0 Å². The van der Waals surface area contributed by atoms with E-state index in [1.807, 2.05) is 0 Å². The molecule has 0 saturated heterocycles. The zero-order valence-corrected chi connectivity index (χ0v) is 15.5. The van der Waals surface area contributed by atoms with E-state index in [0.29, 0.717) is 0 Å². The van der Waals surface area contributed by atoms with Crippen molar-refractivity contribution in [2.45, 2.75) is 42.1 Å². The number of rotatable bonds is 9. The van der Waals surface area contributed by atoms with Crippen LogP contribution >= 0.6 is 0 Å². The van der Waals surface area contributed by atoms with Gasteiger partial charge in [-0.05, 0) is 0 Å². The van der Waals surface area contributed by atoms with E-state index in [0.717, 1.165) is 0 Å². The molecular weight excluding hydrogens is 513 g/mol. The van der Waals surface area contributed by atoms with E-state index in [4.69, 9.17) is 4.55 Å². The molecule has 0 aromatic rings. The smallest absolute Gasteiger partial charge is 0.438 e. The summed E-state index contributed by atoms with van der Waals surface area (Å²) in [4.78, 5) is 22.8. The fraction of sp³-hybridized carbons (Fsp3) is 0.667. The van der Waals surface area contributed by atoms with Crippen molar-refractivity contribution in [3.8, 4) is 0 Å². The summed E-state index contributed by atoms with van der Waals surface area (Å²) in [6.45, 7) is 0.197. The molecular formula is C12H9F11O8S. The number of hydrogen-bond acceptors (Lipinski definition) is 7. The van der Waals surface area contributed by atoms with Crippen LogP contribution in [0.5, 0.6) is 0 Å². The van der Waals surface area contributed by atoms with Crippen molar-refractivity contribution in [2.24, 2.45) is 0 Å². The van der Waals surface area contributed by atoms with Gasteiger partial charge in [0.2, 0.25) is 0 Å². The third-order valence-electron chi connectivity index (χ3n) is 2.95. The molecule has 0 aromatic carbocycles. The van der Waals surface area contributed by atoms with E-state index in [1.54, 1.807) is 0 Å². The SMILES string of the molecule is C=CC(=O)OC(OCCC(F)(F)S(=O)(=O)O)(C(=O)OC(C(F)(F)F)C(F)(F)F)C(F)(F)F. The number of hydrogen-bond donors (Lipinski definition) is 1. The van der Waals surface area contributed by atoms with Gasteiger partial charge in [-0.1, -0.05) is 6.58 Å². The molecule has 188 valence electrons. The van der Waals surface area contributed by atoms with Gasteiger partial charge >= 0.3 is 51.6 Å². The van der Waals surface area contributed by atoms with E-state index in [-0.39, 0.29) is 6.08 Å². The molecule has 8 nitrogen and oxygen atoms in total. The van der Waals surface area contributed by atoms with Crippen LogP contribution in [0.2, 0.25) is 0 Å². The molecule has 1 atom stereocenters. The van der Waals surface area contributed by atoms with Crippen LogP contribution in [0, 0.1) is 0 Å². The van der Waals surface area contributed by atoms with Crippen LogP contribution < -0.4 is 0 Å². The average molecular weight is 522 g/mol. The van der Waals surface area contributed by atoms with Gasteiger partial charge in [-0.15, -0.1) is 0 Å². The number of carbonyl (C=O) groups is 2. The quantitative estimate of drug-likeness (QED) is 0.162. The zero-order chi connectivity index (χ0) is 26.0. The molecule has 0 aliphatic rings. The predicted molar refractivity (Wildman–Crippen MR) is 74.1 cm³/mol. The molecule has 0 bridgehead atoms. The Balaban J connectivity index is 6.33. The second-order valence-corrected chi connectivity index (χ2v) is 6.87. The molecule has 0 aliphatic carbocycles. The van der Waals surface area contributed by atoms with E-state index in [9.17, 15) is 66.3 Å². The lowest BCUT2D eigenvalue weighted by atomic mass is 10.2. The van der Waals surface area contributed by atoms with Crippen molar-refractivity contribution in [1.82, 2.24) is 0 Å². The Morgan fingerprint density at radius 3 is 1.69 bits per heavy atom. The Bertz CT molecular complexity index is 800. The molecule has 0 amide bonds. The van der Waals surface area contributed by atoms with Gasteiger partial charge in [0.25, 0.3) is 6.10 Å². The normalized spacial score (nSPS) is 15.8. The summed E-state index contributed by atoms with van der Waals surface area (Å²) in [7, 11) is -6.29. The topological polar surface area (TPSA) is 116 Å². The summed E-state index contributed by atoms with van der Waals surface area (Å²) < 4.78 is 180. The molecule has 1 unspecified atom stereocenters. The fourth-order valence-corrected chi connectivity index (χ4v) is 1.86. The highest BCUT2D eigenvalue weighted by Gasteiger charge is 2.70. The Kier molecular flexibility index (Phi) is 8.69. The minimum Gasteiger partial charge on any atom is -0.438 e. The third-order valence-corrected chi connectivity index (χ3v) is 3.91. The van der Waals surface area contributed by atoms with Gasteiger partial charge in [-0.25, -0.2) is 9.59 Å². The van der Waals surface area contributed by atoms with Crippen molar-refractivity contribution in [3.05, 3.63) is 12.7 Å². The molecule has 0 spiro atoms. The summed E-state index contributed by atoms with van der Waals surface area (Å²) in [5.41, 5.74) is 0. The van der Waals surface area contributed by atoms with Crippen molar-refractivity contribution < 1.29 is 85.1 Å². The molecule has 1 N–H and O–H groups in total. The summed E-state index contributed by atoms with van der Waals surface area (Å²) in [5, 5.41) is -5.27. The summed E-state index contributed by atoms with van der Waals surface area (Å²) in [6.07, 6.45) is -27.5. The number of halogens is 11. The second-order valence-electron chi connectivity index (χ2n) is 5.32. The third kappa shape index (κ3) is 7.15. The molecule has 0 fully saturated rings. The Morgan fingerprint density at radius 2 is 1.38 bits per heavy atom. The first-order chi connectivity index (χ1) is 13.9. The molecule has 0 saturated carbocycles. The predicted octanol–water partition coefficient (Wildman–Crippen LogP) is 2.90. The summed E-state index contributed by atoms with van der Waals surface area (Å²) in [5.74, 6) is -11.6. The molecule has 0 aromatic heterocycles. The first-order valence-corrected chi connectivity index (χ1v) is 8.62. The first kappa shape index (κ1) is 29.8. The number of alkyl halides is 11. The lowest BCUT2D eigenvalue weighted by Gasteiger charge is -2.34. The average Bonchev–Trinajstić information content (AvgIpc) is 2.53. The maximum Gasteiger partial charge on any atom is 0.468 e. The molecule has 0 rings (SSSR count). The summed E-state index contributed by atoms with van der Waals surface area (Å²) in [6, 6.07) is 0. The maximum atomic E-state index is 13.4. The molecule has 20 heteroatoms. The monoisotopic (exact) mass is 522 g/mol. The van der Waals surface area contributed by atoms with E-state index in [2.05, 4.69) is 20.8 Å². The largest absolute Gasteiger partial charge is 0.468 e. The van der Waals surface area contributed by atoms with Crippen LogP contribution in [0.25, 0.3) is 0 Å². The number of carbonyl (C=O) groups excluding carboxylic acids is 2. The van der Waals surface area contributed by atoms with Gasteiger partial charge in [0.05, 0.1) is 13.0 Å². The van der Waals surface area contributed by atoms with Gasteiger partial charge in [-0.2, -0.15) is 56.7 Å². The molecule has 0 heterocycles. The Labute approximate surface area is 169 Å². The van der Waals surface area contributed by atoms with Crippen molar-refractivity contribution >= 4 is 22.1 Å². The highest BCUT2D eigenvalue weighted by molar-refractivity contribution is 7.86. The number of ether oxygens (including phenoxy) is 3. The standard InChI is InChI=1S/C12H9F11O8S/c1-2-5(24)31-9(12(21,22)23,29-4-3-8(13,14)32(26,27)28)7(25)30-6(10(15,16)17)11(18,19)20/h2,6H,1,3-4H2,(H,26,27,28). The number of esters is 2. The second kappa shape index (κ2) is 9.33. The van der Waals surface area contributed by atoms with Gasteiger partial charge in [0.15, 0.2) is 0 Å². The first-order valence-electron chi connectivity index (χ1n) is 7.18. The van der Waals surface area contributed by atoms with Gasteiger partial charge in [0.1, 0.15) is 0 Å². The zero-order valence-electron chi connectivity index (χ0n) is 14.6. The Morgan fingerprint density at radius 1 is 0.938 bits per heavy atom. The van der Waals surface area contributed by atoms with Crippen LogP contribution in [-0.4, -0.2) is 67.2 Å². The lowest BCUT2D eigenvalue weighted by Crippen LogP contribution is -2.60. The summed E-state index contributed by atoms with van der Waals surface area (Å²) >= 11 is 0. The van der Waals surface area contributed by atoms with Gasteiger partial charge < -0.3 is 14.2 Å². The minimum atomic E-state index is -6.57. The Hall–Kier alpha value is -2.22.